The maximum absolute atomic E-state index is 12.4. The van der Waals surface area contributed by atoms with Gasteiger partial charge in [-0.3, -0.25) is 9.36 Å². The molecule has 172 valence electrons. The Morgan fingerprint density at radius 1 is 1.26 bits per heavy atom. The molecule has 1 N–H and O–H groups in total. The smallest absolute Gasteiger partial charge is 0.297 e. The molecule has 1 atom stereocenters. The van der Waals surface area contributed by atoms with Crippen molar-refractivity contribution in [3.63, 3.8) is 0 Å². The van der Waals surface area contributed by atoms with Crippen LogP contribution >= 0.6 is 15.9 Å². The third-order valence-corrected chi connectivity index (χ3v) is 5.78. The minimum absolute atomic E-state index is 0.0144. The van der Waals surface area contributed by atoms with Gasteiger partial charge in [0.15, 0.2) is 0 Å². The van der Waals surface area contributed by atoms with Crippen LogP contribution in [-0.2, 0) is 16.6 Å². The van der Waals surface area contributed by atoms with E-state index in [2.05, 4.69) is 26.2 Å². The van der Waals surface area contributed by atoms with E-state index in [4.69, 9.17) is 14.2 Å². The first-order valence-corrected chi connectivity index (χ1v) is 11.1. The number of halogens is 3. The van der Waals surface area contributed by atoms with E-state index in [1.807, 2.05) is 14.0 Å². The van der Waals surface area contributed by atoms with E-state index >= 15 is 0 Å². The van der Waals surface area contributed by atoms with Crippen LogP contribution in [0.25, 0.3) is 11.0 Å². The van der Waals surface area contributed by atoms with Crippen molar-refractivity contribution < 1.29 is 27.8 Å². The van der Waals surface area contributed by atoms with Crippen LogP contribution in [0.1, 0.15) is 39.5 Å². The topological polar surface area (TPSA) is 74.6 Å². The number of rotatable bonds is 9. The van der Waals surface area contributed by atoms with Gasteiger partial charge < -0.3 is 19.5 Å². The summed E-state index contributed by atoms with van der Waals surface area (Å²) in [6.45, 7) is 3.25. The minimum atomic E-state index is -2.53. The fourth-order valence-electron chi connectivity index (χ4n) is 3.68. The van der Waals surface area contributed by atoms with Crippen LogP contribution in [0.15, 0.2) is 16.6 Å². The van der Waals surface area contributed by atoms with Gasteiger partial charge in [-0.25, -0.2) is 8.78 Å². The monoisotopic (exact) mass is 503 g/mol. The second kappa shape index (κ2) is 10.6. The normalized spacial score (nSPS) is 20.1. The van der Waals surface area contributed by atoms with Gasteiger partial charge in [-0.1, -0.05) is 0 Å². The number of carbonyl (C=O) groups excluding carboxylic acids is 1. The number of imidazole rings is 1. The molecule has 0 aliphatic heterocycles. The molecule has 0 saturated heterocycles. The second-order valence-electron chi connectivity index (χ2n) is 7.88. The van der Waals surface area contributed by atoms with Crippen LogP contribution < -0.4 is 14.8 Å². The zero-order valence-electron chi connectivity index (χ0n) is 17.9. The summed E-state index contributed by atoms with van der Waals surface area (Å²) in [5, 5.41) is 2.81. The first-order valence-electron chi connectivity index (χ1n) is 10.3. The predicted octanol–water partition coefficient (Wildman–Crippen LogP) is 4.21. The largest absolute Gasteiger partial charge is 0.488 e. The van der Waals surface area contributed by atoms with Gasteiger partial charge in [0, 0.05) is 30.6 Å². The Morgan fingerprint density at radius 2 is 1.94 bits per heavy atom. The van der Waals surface area contributed by atoms with Crippen molar-refractivity contribution in [1.29, 1.82) is 0 Å². The van der Waals surface area contributed by atoms with E-state index in [0.717, 1.165) is 31.2 Å². The lowest BCUT2D eigenvalue weighted by atomic mass is 9.95. The molecule has 3 rings (SSSR count). The van der Waals surface area contributed by atoms with Crippen molar-refractivity contribution in [2.24, 2.45) is 7.05 Å². The summed E-state index contributed by atoms with van der Waals surface area (Å²) in [6.07, 6.45) is 1.07. The quantitative estimate of drug-likeness (QED) is 0.554. The van der Waals surface area contributed by atoms with E-state index < -0.39 is 13.0 Å². The van der Waals surface area contributed by atoms with Gasteiger partial charge in [-0.05, 0) is 54.6 Å². The molecule has 2 aromatic rings. The van der Waals surface area contributed by atoms with E-state index in [0.29, 0.717) is 28.4 Å². The number of hydrogen-bond donors (Lipinski definition) is 1. The third kappa shape index (κ3) is 6.52. The highest BCUT2D eigenvalue weighted by atomic mass is 79.9. The minimum Gasteiger partial charge on any atom is -0.488 e. The molecule has 0 radical (unpaired) electrons. The molecule has 1 saturated carbocycles. The van der Waals surface area contributed by atoms with E-state index in [-0.39, 0.29) is 24.2 Å². The highest BCUT2D eigenvalue weighted by Crippen LogP contribution is 2.33. The van der Waals surface area contributed by atoms with Gasteiger partial charge in [-0.15, -0.1) is 0 Å². The van der Waals surface area contributed by atoms with Crippen molar-refractivity contribution in [2.75, 3.05) is 13.2 Å². The molecule has 0 unspecified atom stereocenters. The maximum Gasteiger partial charge on any atom is 0.297 e. The molecule has 1 amide bonds. The van der Waals surface area contributed by atoms with Crippen LogP contribution in [0.3, 0.4) is 0 Å². The molecule has 7 nitrogen and oxygen atoms in total. The lowest BCUT2D eigenvalue weighted by Gasteiger charge is -2.29. The average molecular weight is 504 g/mol. The Kier molecular flexibility index (Phi) is 8.10. The summed E-state index contributed by atoms with van der Waals surface area (Å²) in [5.74, 6) is 0.287. The second-order valence-corrected chi connectivity index (χ2v) is 8.73. The van der Waals surface area contributed by atoms with E-state index in [1.54, 1.807) is 16.7 Å². The predicted molar refractivity (Wildman–Crippen MR) is 116 cm³/mol. The highest BCUT2D eigenvalue weighted by Gasteiger charge is 2.25. The Bertz CT molecular complexity index is 900. The lowest BCUT2D eigenvalue weighted by Crippen LogP contribution is -2.37. The van der Waals surface area contributed by atoms with Crippen molar-refractivity contribution in [1.82, 2.24) is 14.9 Å². The number of amides is 1. The Labute approximate surface area is 188 Å². The van der Waals surface area contributed by atoms with Crippen LogP contribution in [0.2, 0.25) is 0 Å². The average Bonchev–Trinajstić information content (AvgIpc) is 3.02. The number of carbonyl (C=O) groups is 1. The van der Waals surface area contributed by atoms with Gasteiger partial charge in [0.2, 0.25) is 5.91 Å². The number of hydrogen-bond acceptors (Lipinski definition) is 5. The SMILES string of the molecule is CC(=O)N[C@@H](C)COC1CCC(Oc2nc3c(Br)cc(OCC(F)F)cc3n2C)CC1. The fraction of sp³-hybridized carbons (Fsp3) is 0.619. The van der Waals surface area contributed by atoms with E-state index in [9.17, 15) is 13.6 Å². The summed E-state index contributed by atoms with van der Waals surface area (Å²) in [4.78, 5) is 15.6. The highest BCUT2D eigenvalue weighted by molar-refractivity contribution is 9.10. The van der Waals surface area contributed by atoms with Gasteiger partial charge in [0.25, 0.3) is 12.4 Å². The Balaban J connectivity index is 1.57. The standard InChI is InChI=1S/C21H28BrF2N3O4/c1-12(25-13(2)28)10-29-14-4-6-15(7-5-14)31-21-26-20-17(22)8-16(30-11-19(23)24)9-18(20)27(21)3/h8-9,12,14-15,19H,4-7,10-11H2,1-3H3,(H,25,28)/t12-,14?,15?/m0/s1. The number of aryl methyl sites for hydroxylation is 1. The molecule has 1 aromatic carbocycles. The lowest BCUT2D eigenvalue weighted by molar-refractivity contribution is -0.120. The molecule has 1 aliphatic carbocycles. The van der Waals surface area contributed by atoms with Crippen molar-refractivity contribution in [3.05, 3.63) is 16.6 Å². The summed E-state index contributed by atoms with van der Waals surface area (Å²) in [7, 11) is 1.83. The molecule has 1 heterocycles. The number of alkyl halides is 2. The zero-order chi connectivity index (χ0) is 22.5. The first-order chi connectivity index (χ1) is 14.7. The van der Waals surface area contributed by atoms with Crippen molar-refractivity contribution >= 4 is 32.9 Å². The Morgan fingerprint density at radius 3 is 2.58 bits per heavy atom. The van der Waals surface area contributed by atoms with Gasteiger partial charge in [0.05, 0.1) is 18.2 Å². The summed E-state index contributed by atoms with van der Waals surface area (Å²) in [5.41, 5.74) is 1.42. The van der Waals surface area contributed by atoms with Gasteiger partial charge in [-0.2, -0.15) is 4.98 Å². The van der Waals surface area contributed by atoms with E-state index in [1.165, 1.54) is 6.92 Å². The Hall–Kier alpha value is -1.94. The van der Waals surface area contributed by atoms with Crippen molar-refractivity contribution in [2.45, 2.75) is 64.2 Å². The van der Waals surface area contributed by atoms with Crippen LogP contribution in [0.5, 0.6) is 11.8 Å². The summed E-state index contributed by atoms with van der Waals surface area (Å²) < 4.78 is 44.6. The number of fused-ring (bicyclic) bond motifs is 1. The summed E-state index contributed by atoms with van der Waals surface area (Å²) >= 11 is 3.44. The van der Waals surface area contributed by atoms with Crippen LogP contribution in [0, 0.1) is 0 Å². The number of benzene rings is 1. The molecule has 1 aliphatic rings. The van der Waals surface area contributed by atoms with Crippen molar-refractivity contribution in [3.8, 4) is 11.8 Å². The summed E-state index contributed by atoms with van der Waals surface area (Å²) in [6, 6.07) is 3.78. The first kappa shape index (κ1) is 23.7. The van der Waals surface area contributed by atoms with Gasteiger partial charge >= 0.3 is 0 Å². The maximum atomic E-state index is 12.4. The number of nitrogens with one attached hydrogen (secondary N) is 1. The molecule has 10 heteroatoms. The molecule has 1 aromatic heterocycles. The number of nitrogens with zero attached hydrogens (tertiary/aromatic N) is 2. The van der Waals surface area contributed by atoms with Crippen LogP contribution in [-0.4, -0.2) is 53.3 Å². The molecule has 0 bridgehead atoms. The molecular formula is C21H28BrF2N3O4. The zero-order valence-corrected chi connectivity index (χ0v) is 19.5. The molecule has 1 fully saturated rings. The van der Waals surface area contributed by atoms with Gasteiger partial charge in [0.1, 0.15) is 24.0 Å². The third-order valence-electron chi connectivity index (χ3n) is 5.17. The molecule has 31 heavy (non-hydrogen) atoms. The number of aromatic nitrogens is 2. The fourth-order valence-corrected chi connectivity index (χ4v) is 4.20. The van der Waals surface area contributed by atoms with Crippen LogP contribution in [0.4, 0.5) is 8.78 Å². The molecular weight excluding hydrogens is 476 g/mol. The molecule has 0 spiro atoms. The number of ether oxygens (including phenoxy) is 3.